The molecule has 1 unspecified atom stereocenters. The van der Waals surface area contributed by atoms with E-state index in [0.29, 0.717) is 22.8 Å². The van der Waals surface area contributed by atoms with Crippen molar-refractivity contribution in [3.8, 4) is 17.2 Å². The maximum absolute atomic E-state index is 10.8. The summed E-state index contributed by atoms with van der Waals surface area (Å²) < 4.78 is 16.6. The summed E-state index contributed by atoms with van der Waals surface area (Å²) in [6.07, 6.45) is -0.802. The van der Waals surface area contributed by atoms with Gasteiger partial charge in [-0.15, -0.1) is 0 Å². The Morgan fingerprint density at radius 1 is 0.783 bits per heavy atom. The highest BCUT2D eigenvalue weighted by Gasteiger charge is 2.26. The third-order valence-corrected chi connectivity index (χ3v) is 3.89. The van der Waals surface area contributed by atoms with Crippen LogP contribution < -0.4 is 14.2 Å². The minimum Gasteiger partial charge on any atom is -0.492 e. The first-order chi connectivity index (χ1) is 11.0. The van der Waals surface area contributed by atoms with Crippen molar-refractivity contribution in [3.05, 3.63) is 53.1 Å². The van der Waals surface area contributed by atoms with Gasteiger partial charge in [-0.2, -0.15) is 0 Å². The highest BCUT2D eigenvalue weighted by Crippen LogP contribution is 2.47. The van der Waals surface area contributed by atoms with Crippen molar-refractivity contribution in [2.45, 2.75) is 25.9 Å². The van der Waals surface area contributed by atoms with Gasteiger partial charge in [0.05, 0.1) is 21.3 Å². The van der Waals surface area contributed by atoms with Crippen LogP contribution in [0.5, 0.6) is 17.2 Å². The average molecular weight is 316 g/mol. The highest BCUT2D eigenvalue weighted by molar-refractivity contribution is 5.62. The first-order valence-corrected chi connectivity index (χ1v) is 7.60. The fraction of sp³-hybridized carbons (Fsp3) is 0.368. The van der Waals surface area contributed by atoms with Crippen LogP contribution in [0.2, 0.25) is 0 Å². The van der Waals surface area contributed by atoms with Gasteiger partial charge in [-0.05, 0) is 17.5 Å². The third-order valence-electron chi connectivity index (χ3n) is 3.89. The van der Waals surface area contributed by atoms with Crippen molar-refractivity contribution in [2.75, 3.05) is 21.3 Å². The normalized spacial score (nSPS) is 12.1. The summed E-state index contributed by atoms with van der Waals surface area (Å²) in [7, 11) is 4.74. The molecule has 124 valence electrons. The molecule has 0 aromatic heterocycles. The average Bonchev–Trinajstić information content (AvgIpc) is 2.59. The lowest BCUT2D eigenvalue weighted by molar-refractivity contribution is 0.212. The van der Waals surface area contributed by atoms with Crippen LogP contribution >= 0.6 is 0 Å². The zero-order valence-corrected chi connectivity index (χ0v) is 14.3. The van der Waals surface area contributed by atoms with Crippen molar-refractivity contribution in [1.82, 2.24) is 0 Å². The summed E-state index contributed by atoms with van der Waals surface area (Å²) in [5, 5.41) is 10.8. The molecule has 0 aliphatic carbocycles. The van der Waals surface area contributed by atoms with E-state index in [1.165, 1.54) is 0 Å². The summed E-state index contributed by atoms with van der Waals surface area (Å²) in [5.41, 5.74) is 2.43. The van der Waals surface area contributed by atoms with Gasteiger partial charge >= 0.3 is 0 Å². The van der Waals surface area contributed by atoms with Crippen molar-refractivity contribution in [1.29, 1.82) is 0 Å². The summed E-state index contributed by atoms with van der Waals surface area (Å²) in [5.74, 6) is 1.85. The standard InChI is InChI=1S/C19H24O4/c1-12(2)14-11-15(16(20)13-9-7-6-8-10-13)18(22-4)19(23-5)17(14)21-3/h6-12,16,20H,1-5H3. The molecule has 0 spiro atoms. The molecule has 23 heavy (non-hydrogen) atoms. The number of rotatable bonds is 6. The molecule has 1 N–H and O–H groups in total. The minimum absolute atomic E-state index is 0.214. The third kappa shape index (κ3) is 3.27. The molecule has 4 nitrogen and oxygen atoms in total. The molecule has 2 aromatic rings. The summed E-state index contributed by atoms with van der Waals surface area (Å²) >= 11 is 0. The number of hydrogen-bond donors (Lipinski definition) is 1. The number of ether oxygens (including phenoxy) is 3. The smallest absolute Gasteiger partial charge is 0.203 e. The largest absolute Gasteiger partial charge is 0.492 e. The van der Waals surface area contributed by atoms with Gasteiger partial charge < -0.3 is 19.3 Å². The topological polar surface area (TPSA) is 47.9 Å². The number of aliphatic hydroxyl groups is 1. The van der Waals surface area contributed by atoms with Crippen LogP contribution in [0.15, 0.2) is 36.4 Å². The summed E-state index contributed by atoms with van der Waals surface area (Å²) in [6, 6.07) is 11.4. The van der Waals surface area contributed by atoms with E-state index in [1.54, 1.807) is 21.3 Å². The number of methoxy groups -OCH3 is 3. The van der Waals surface area contributed by atoms with Gasteiger partial charge in [0.2, 0.25) is 5.75 Å². The van der Waals surface area contributed by atoms with Crippen LogP contribution in [0.4, 0.5) is 0 Å². The number of benzene rings is 2. The van der Waals surface area contributed by atoms with Gasteiger partial charge in [-0.25, -0.2) is 0 Å². The molecule has 1 atom stereocenters. The van der Waals surface area contributed by atoms with Crippen LogP contribution in [0.25, 0.3) is 0 Å². The SMILES string of the molecule is COc1c(C(C)C)cc(C(O)c2ccccc2)c(OC)c1OC. The van der Waals surface area contributed by atoms with Gasteiger partial charge in [0, 0.05) is 11.1 Å². The predicted molar refractivity (Wildman–Crippen MR) is 90.7 cm³/mol. The van der Waals surface area contributed by atoms with E-state index in [0.717, 1.165) is 11.1 Å². The van der Waals surface area contributed by atoms with E-state index in [2.05, 4.69) is 13.8 Å². The molecule has 0 aliphatic heterocycles. The van der Waals surface area contributed by atoms with Gasteiger partial charge in [0.15, 0.2) is 11.5 Å². The first kappa shape index (κ1) is 17.2. The van der Waals surface area contributed by atoms with Crippen molar-refractivity contribution in [3.63, 3.8) is 0 Å². The van der Waals surface area contributed by atoms with Gasteiger partial charge in [0.1, 0.15) is 6.10 Å². The molecule has 0 heterocycles. The lowest BCUT2D eigenvalue weighted by Crippen LogP contribution is -2.08. The molecule has 0 amide bonds. The Bertz CT molecular complexity index is 650. The molecule has 0 saturated carbocycles. The van der Waals surface area contributed by atoms with Crippen molar-refractivity contribution in [2.24, 2.45) is 0 Å². The Morgan fingerprint density at radius 3 is 1.78 bits per heavy atom. The Hall–Kier alpha value is -2.20. The predicted octanol–water partition coefficient (Wildman–Crippen LogP) is 3.92. The zero-order valence-electron chi connectivity index (χ0n) is 14.3. The highest BCUT2D eigenvalue weighted by atomic mass is 16.5. The van der Waals surface area contributed by atoms with Gasteiger partial charge in [-0.1, -0.05) is 44.2 Å². The Balaban J connectivity index is 2.69. The van der Waals surface area contributed by atoms with E-state index in [-0.39, 0.29) is 5.92 Å². The molecule has 0 saturated heterocycles. The fourth-order valence-corrected chi connectivity index (χ4v) is 2.72. The molecular formula is C19H24O4. The van der Waals surface area contributed by atoms with Crippen LogP contribution in [0.3, 0.4) is 0 Å². The molecule has 0 fully saturated rings. The second-order valence-corrected chi connectivity index (χ2v) is 5.62. The van der Waals surface area contributed by atoms with Crippen LogP contribution in [-0.2, 0) is 0 Å². The van der Waals surface area contributed by atoms with Crippen LogP contribution in [0, 0.1) is 0 Å². The lowest BCUT2D eigenvalue weighted by Gasteiger charge is -2.23. The van der Waals surface area contributed by atoms with Crippen molar-refractivity contribution < 1.29 is 19.3 Å². The Morgan fingerprint density at radius 2 is 1.30 bits per heavy atom. The number of aliphatic hydroxyl groups excluding tert-OH is 1. The van der Waals surface area contributed by atoms with E-state index < -0.39 is 6.10 Å². The van der Waals surface area contributed by atoms with Gasteiger partial charge in [0.25, 0.3) is 0 Å². The molecular weight excluding hydrogens is 292 g/mol. The lowest BCUT2D eigenvalue weighted by atomic mass is 9.93. The Labute approximate surface area is 137 Å². The van der Waals surface area contributed by atoms with E-state index in [4.69, 9.17) is 14.2 Å². The molecule has 2 aromatic carbocycles. The molecule has 4 heteroatoms. The molecule has 0 bridgehead atoms. The van der Waals surface area contributed by atoms with Crippen molar-refractivity contribution >= 4 is 0 Å². The maximum atomic E-state index is 10.8. The minimum atomic E-state index is -0.802. The van der Waals surface area contributed by atoms with E-state index in [9.17, 15) is 5.11 Å². The molecule has 0 aliphatic rings. The monoisotopic (exact) mass is 316 g/mol. The quantitative estimate of drug-likeness (QED) is 0.877. The summed E-state index contributed by atoms with van der Waals surface area (Å²) in [6.45, 7) is 4.14. The zero-order chi connectivity index (χ0) is 17.0. The molecule has 0 radical (unpaired) electrons. The number of hydrogen-bond acceptors (Lipinski definition) is 4. The van der Waals surface area contributed by atoms with E-state index in [1.807, 2.05) is 36.4 Å². The maximum Gasteiger partial charge on any atom is 0.203 e. The second kappa shape index (κ2) is 7.38. The fourth-order valence-electron chi connectivity index (χ4n) is 2.72. The molecule has 2 rings (SSSR count). The second-order valence-electron chi connectivity index (χ2n) is 5.62. The van der Waals surface area contributed by atoms with Crippen LogP contribution in [0.1, 0.15) is 42.6 Å². The van der Waals surface area contributed by atoms with E-state index >= 15 is 0 Å². The van der Waals surface area contributed by atoms with Crippen LogP contribution in [-0.4, -0.2) is 26.4 Å². The Kier molecular flexibility index (Phi) is 5.50. The summed E-state index contributed by atoms with van der Waals surface area (Å²) in [4.78, 5) is 0. The first-order valence-electron chi connectivity index (χ1n) is 7.60. The van der Waals surface area contributed by atoms with Gasteiger partial charge in [-0.3, -0.25) is 0 Å².